The van der Waals surface area contributed by atoms with Gasteiger partial charge in [-0.1, -0.05) is 33.6 Å². The van der Waals surface area contributed by atoms with Crippen molar-refractivity contribution in [3.8, 4) is 0 Å². The highest BCUT2D eigenvalue weighted by atomic mass is 79.9. The zero-order valence-corrected chi connectivity index (χ0v) is 9.96. The van der Waals surface area contributed by atoms with E-state index in [-0.39, 0.29) is 15.4 Å². The summed E-state index contributed by atoms with van der Waals surface area (Å²) in [7, 11) is -3.58. The number of para-hydroxylation sites is 1. The second kappa shape index (κ2) is 4.46. The Morgan fingerprint density at radius 1 is 1.50 bits per heavy atom. The van der Waals surface area contributed by atoms with Gasteiger partial charge in [-0.05, 0) is 12.1 Å². The lowest BCUT2D eigenvalue weighted by Gasteiger charge is -2.07. The van der Waals surface area contributed by atoms with Crippen LogP contribution in [0.4, 0.5) is 10.1 Å². The molecule has 0 saturated heterocycles. The van der Waals surface area contributed by atoms with Crippen molar-refractivity contribution in [3.63, 3.8) is 0 Å². The van der Waals surface area contributed by atoms with E-state index in [1.807, 2.05) is 4.72 Å². The molecule has 0 aliphatic heterocycles. The first kappa shape index (κ1) is 11.7. The Morgan fingerprint density at radius 2 is 2.14 bits per heavy atom. The Labute approximate surface area is 94.4 Å². The zero-order valence-electron chi connectivity index (χ0n) is 6.80. The van der Waals surface area contributed by atoms with Gasteiger partial charge in [-0.3, -0.25) is 4.72 Å². The summed E-state index contributed by atoms with van der Waals surface area (Å²) in [5.41, 5.74) is -0.228. The summed E-state index contributed by atoms with van der Waals surface area (Å²) >= 11 is 8.37. The van der Waals surface area contributed by atoms with Gasteiger partial charge in [0.2, 0.25) is 10.0 Å². The van der Waals surface area contributed by atoms with E-state index < -0.39 is 15.8 Å². The Balaban J connectivity index is 3.09. The Bertz CT molecular complexity index is 417. The number of sulfonamides is 1. The molecule has 0 radical (unpaired) electrons. The van der Waals surface area contributed by atoms with Crippen molar-refractivity contribution in [3.05, 3.63) is 29.0 Å². The molecule has 1 aromatic carbocycles. The van der Waals surface area contributed by atoms with Crippen LogP contribution < -0.4 is 4.72 Å². The van der Waals surface area contributed by atoms with Crippen LogP contribution in [0.3, 0.4) is 0 Å². The van der Waals surface area contributed by atoms with Crippen LogP contribution in [0.5, 0.6) is 0 Å². The number of nitrogens with one attached hydrogen (secondary N) is 1. The minimum absolute atomic E-state index is 0.0227. The lowest BCUT2D eigenvalue weighted by Crippen LogP contribution is -2.14. The first-order valence-corrected chi connectivity index (χ1v) is 6.62. The summed E-state index contributed by atoms with van der Waals surface area (Å²) in [4.78, 5) is 0. The smallest absolute Gasteiger partial charge is 0.242 e. The largest absolute Gasteiger partial charge is 0.278 e. The fourth-order valence-electron chi connectivity index (χ4n) is 0.778. The monoisotopic (exact) mass is 301 g/mol. The molecule has 14 heavy (non-hydrogen) atoms. The summed E-state index contributed by atoms with van der Waals surface area (Å²) in [5, 5.41) is 0.0227. The van der Waals surface area contributed by atoms with E-state index in [0.717, 1.165) is 6.07 Å². The highest BCUT2D eigenvalue weighted by Crippen LogP contribution is 2.25. The van der Waals surface area contributed by atoms with Gasteiger partial charge in [0.15, 0.2) is 0 Å². The molecule has 0 aliphatic rings. The maximum Gasteiger partial charge on any atom is 0.242 e. The second-order valence-corrected chi connectivity index (χ2v) is 5.86. The molecule has 0 heterocycles. The lowest BCUT2D eigenvalue weighted by atomic mass is 10.3. The third-order valence-electron chi connectivity index (χ3n) is 1.36. The van der Waals surface area contributed by atoms with Crippen LogP contribution in [0.2, 0.25) is 5.02 Å². The molecule has 78 valence electrons. The Hall–Kier alpha value is -0.330. The first-order valence-electron chi connectivity index (χ1n) is 3.47. The van der Waals surface area contributed by atoms with Crippen LogP contribution in [-0.2, 0) is 10.0 Å². The molecule has 1 N–H and O–H groups in total. The van der Waals surface area contributed by atoms with E-state index in [9.17, 15) is 12.8 Å². The predicted octanol–water partition coefficient (Wildman–Crippen LogP) is 2.57. The number of hydrogen-bond donors (Lipinski definition) is 1. The highest BCUT2D eigenvalue weighted by molar-refractivity contribution is 9.10. The molecular formula is C7H6BrClFNO2S. The van der Waals surface area contributed by atoms with Crippen LogP contribution in [0.1, 0.15) is 0 Å². The lowest BCUT2D eigenvalue weighted by molar-refractivity contribution is 0.603. The minimum Gasteiger partial charge on any atom is -0.278 e. The fourth-order valence-corrected chi connectivity index (χ4v) is 1.96. The third kappa shape index (κ3) is 2.83. The van der Waals surface area contributed by atoms with Gasteiger partial charge in [-0.25, -0.2) is 12.8 Å². The van der Waals surface area contributed by atoms with E-state index >= 15 is 0 Å². The molecule has 0 saturated carbocycles. The third-order valence-corrected chi connectivity index (χ3v) is 4.29. The quantitative estimate of drug-likeness (QED) is 0.872. The minimum atomic E-state index is -3.58. The van der Waals surface area contributed by atoms with Gasteiger partial charge in [0.25, 0.3) is 0 Å². The number of halogens is 3. The van der Waals surface area contributed by atoms with E-state index in [4.69, 9.17) is 11.6 Å². The topological polar surface area (TPSA) is 46.2 Å². The number of rotatable bonds is 3. The summed E-state index contributed by atoms with van der Waals surface area (Å²) in [6.45, 7) is 0. The number of benzene rings is 1. The molecule has 3 nitrogen and oxygen atoms in total. The standard InChI is InChI=1S/C7H6BrClFNO2S/c8-4-14(12,13)11-7-5(9)2-1-3-6(7)10/h1-3,11H,4H2. The maximum atomic E-state index is 13.1. The number of hydrogen-bond acceptors (Lipinski definition) is 2. The second-order valence-electron chi connectivity index (χ2n) is 2.42. The van der Waals surface area contributed by atoms with Gasteiger partial charge in [0.1, 0.15) is 16.2 Å². The van der Waals surface area contributed by atoms with Gasteiger partial charge in [-0.15, -0.1) is 0 Å². The summed E-state index contributed by atoms with van der Waals surface area (Å²) in [5.74, 6) is -0.706. The van der Waals surface area contributed by atoms with Gasteiger partial charge >= 0.3 is 0 Å². The zero-order chi connectivity index (χ0) is 10.8. The number of alkyl halides is 1. The van der Waals surface area contributed by atoms with Crippen molar-refractivity contribution in [1.82, 2.24) is 0 Å². The fraction of sp³-hybridized carbons (Fsp3) is 0.143. The van der Waals surface area contributed by atoms with Crippen molar-refractivity contribution in [1.29, 1.82) is 0 Å². The maximum absolute atomic E-state index is 13.1. The molecule has 0 aromatic heterocycles. The van der Waals surface area contributed by atoms with E-state index in [0.29, 0.717) is 0 Å². The van der Waals surface area contributed by atoms with E-state index in [1.165, 1.54) is 12.1 Å². The summed E-state index contributed by atoms with van der Waals surface area (Å²) in [6, 6.07) is 3.91. The molecule has 7 heteroatoms. The van der Waals surface area contributed by atoms with Crippen molar-refractivity contribution in [2.45, 2.75) is 0 Å². The molecule has 1 aromatic rings. The summed E-state index contributed by atoms with van der Waals surface area (Å²) in [6.07, 6.45) is 0. The molecule has 0 atom stereocenters. The molecular weight excluding hydrogens is 297 g/mol. The highest BCUT2D eigenvalue weighted by Gasteiger charge is 2.13. The molecule has 0 fully saturated rings. The Morgan fingerprint density at radius 3 is 2.64 bits per heavy atom. The molecule has 0 aliphatic carbocycles. The molecule has 0 spiro atoms. The van der Waals surface area contributed by atoms with Gasteiger partial charge in [0, 0.05) is 0 Å². The van der Waals surface area contributed by atoms with E-state index in [1.54, 1.807) is 0 Å². The van der Waals surface area contributed by atoms with Crippen LogP contribution >= 0.6 is 27.5 Å². The van der Waals surface area contributed by atoms with Crippen LogP contribution in [0.25, 0.3) is 0 Å². The number of anilines is 1. The predicted molar refractivity (Wildman–Crippen MR) is 57.7 cm³/mol. The van der Waals surface area contributed by atoms with Crippen LogP contribution in [0, 0.1) is 5.82 Å². The average molecular weight is 303 g/mol. The van der Waals surface area contributed by atoms with Crippen LogP contribution in [-0.4, -0.2) is 13.1 Å². The van der Waals surface area contributed by atoms with Crippen LogP contribution in [0.15, 0.2) is 18.2 Å². The SMILES string of the molecule is O=S(=O)(CBr)Nc1c(F)cccc1Cl. The molecule has 0 amide bonds. The molecule has 0 bridgehead atoms. The van der Waals surface area contributed by atoms with Gasteiger partial charge in [0.05, 0.1) is 5.02 Å². The van der Waals surface area contributed by atoms with Crippen molar-refractivity contribution < 1.29 is 12.8 Å². The molecule has 0 unspecified atom stereocenters. The Kier molecular flexibility index (Phi) is 3.74. The molecule has 1 rings (SSSR count). The van der Waals surface area contributed by atoms with Crippen molar-refractivity contribution >= 4 is 43.2 Å². The van der Waals surface area contributed by atoms with Crippen molar-refractivity contribution in [2.75, 3.05) is 9.38 Å². The van der Waals surface area contributed by atoms with Crippen molar-refractivity contribution in [2.24, 2.45) is 0 Å². The first-order chi connectivity index (χ1) is 6.46. The normalized spacial score (nSPS) is 11.4. The van der Waals surface area contributed by atoms with Gasteiger partial charge in [-0.2, -0.15) is 0 Å². The average Bonchev–Trinajstić information content (AvgIpc) is 2.12. The summed E-state index contributed by atoms with van der Waals surface area (Å²) < 4.78 is 37.0. The van der Waals surface area contributed by atoms with E-state index in [2.05, 4.69) is 15.9 Å². The van der Waals surface area contributed by atoms with Gasteiger partial charge < -0.3 is 0 Å².